The molecule has 0 spiro atoms. The summed E-state index contributed by atoms with van der Waals surface area (Å²) in [4.78, 5) is 24.8. The van der Waals surface area contributed by atoms with Crippen molar-refractivity contribution in [2.45, 2.75) is 32.0 Å². The first-order chi connectivity index (χ1) is 14.9. The van der Waals surface area contributed by atoms with Crippen LogP contribution in [0.25, 0.3) is 11.0 Å². The minimum atomic E-state index is -0.203. The predicted molar refractivity (Wildman–Crippen MR) is 125 cm³/mol. The van der Waals surface area contributed by atoms with Crippen LogP contribution in [0.15, 0.2) is 29.2 Å². The zero-order valence-corrected chi connectivity index (χ0v) is 19.2. The number of halogens is 2. The summed E-state index contributed by atoms with van der Waals surface area (Å²) in [6.45, 7) is 4.13. The highest BCUT2D eigenvalue weighted by atomic mass is 35.5. The fourth-order valence-electron chi connectivity index (χ4n) is 3.99. The summed E-state index contributed by atoms with van der Waals surface area (Å²) in [5, 5.41) is 8.53. The highest BCUT2D eigenvalue weighted by Gasteiger charge is 2.20. The molecule has 4 rings (SSSR count). The third-order valence-corrected chi connectivity index (χ3v) is 6.60. The van der Waals surface area contributed by atoms with Crippen LogP contribution in [0.5, 0.6) is 0 Å². The Morgan fingerprint density at radius 3 is 2.68 bits per heavy atom. The zero-order valence-electron chi connectivity index (χ0n) is 17.7. The number of fused-ring (bicyclic) bond motifs is 1. The van der Waals surface area contributed by atoms with Crippen molar-refractivity contribution >= 4 is 40.2 Å². The van der Waals surface area contributed by atoms with E-state index in [1.54, 1.807) is 23.0 Å². The number of piperidine rings is 1. The molecule has 8 nitrogen and oxygen atoms in total. The lowest BCUT2D eigenvalue weighted by molar-refractivity contribution is 0.141. The van der Waals surface area contributed by atoms with Gasteiger partial charge < -0.3 is 15.1 Å². The van der Waals surface area contributed by atoms with Crippen LogP contribution in [-0.2, 0) is 13.1 Å². The highest BCUT2D eigenvalue weighted by Crippen LogP contribution is 2.23. The van der Waals surface area contributed by atoms with Gasteiger partial charge in [0.15, 0.2) is 5.52 Å². The number of likely N-dealkylation sites (tertiary alicyclic amines) is 1. The summed E-state index contributed by atoms with van der Waals surface area (Å²) in [7, 11) is 4.28. The molecule has 1 aromatic carbocycles. The average molecular weight is 464 g/mol. The lowest BCUT2D eigenvalue weighted by atomic mass is 10.0. The highest BCUT2D eigenvalue weighted by molar-refractivity contribution is 6.42. The molecule has 2 N–H and O–H groups in total. The van der Waals surface area contributed by atoms with E-state index in [0.29, 0.717) is 46.2 Å². The Morgan fingerprint density at radius 2 is 1.97 bits per heavy atom. The molecule has 2 aromatic heterocycles. The molecular formula is C21H27Cl2N7O. The van der Waals surface area contributed by atoms with Crippen LogP contribution >= 0.6 is 23.2 Å². The van der Waals surface area contributed by atoms with Crippen LogP contribution in [0.2, 0.25) is 10.0 Å². The number of nitrogens with zero attached hydrogens (tertiary/aromatic N) is 5. The minimum Gasteiger partial charge on any atom is -0.352 e. The van der Waals surface area contributed by atoms with Crippen molar-refractivity contribution in [2.75, 3.05) is 39.0 Å². The second kappa shape index (κ2) is 9.56. The van der Waals surface area contributed by atoms with Crippen molar-refractivity contribution in [1.82, 2.24) is 29.5 Å². The SMILES string of the molecule is CN(C)C1CCN(CCn2ncc3nc(NCc4ccc(Cl)c(Cl)c4)[nH]c(=O)c32)CC1. The Hall–Kier alpha value is -2.13. The summed E-state index contributed by atoms with van der Waals surface area (Å²) in [6.07, 6.45) is 3.99. The Kier molecular flexibility index (Phi) is 6.81. The number of aromatic amines is 1. The first kappa shape index (κ1) is 22.1. The van der Waals surface area contributed by atoms with Crippen LogP contribution in [-0.4, -0.2) is 69.3 Å². The molecule has 1 saturated heterocycles. The summed E-state index contributed by atoms with van der Waals surface area (Å²) in [6, 6.07) is 6.06. The largest absolute Gasteiger partial charge is 0.352 e. The summed E-state index contributed by atoms with van der Waals surface area (Å²) < 4.78 is 1.75. The summed E-state index contributed by atoms with van der Waals surface area (Å²) in [5.74, 6) is 0.397. The second-order valence-corrected chi connectivity index (χ2v) is 8.97. The van der Waals surface area contributed by atoms with E-state index in [9.17, 15) is 4.79 Å². The normalized spacial score (nSPS) is 15.8. The molecule has 0 atom stereocenters. The molecule has 0 amide bonds. The van der Waals surface area contributed by atoms with E-state index >= 15 is 0 Å². The first-order valence-electron chi connectivity index (χ1n) is 10.4. The Labute approximate surface area is 191 Å². The number of rotatable bonds is 7. The molecule has 31 heavy (non-hydrogen) atoms. The second-order valence-electron chi connectivity index (χ2n) is 8.15. The van der Waals surface area contributed by atoms with Gasteiger partial charge in [0.2, 0.25) is 5.95 Å². The van der Waals surface area contributed by atoms with E-state index in [-0.39, 0.29) is 5.56 Å². The summed E-state index contributed by atoms with van der Waals surface area (Å²) >= 11 is 12.0. The lowest BCUT2D eigenvalue weighted by Crippen LogP contribution is -2.43. The Bertz CT molecular complexity index is 1100. The van der Waals surface area contributed by atoms with Crippen molar-refractivity contribution < 1.29 is 0 Å². The van der Waals surface area contributed by atoms with Gasteiger partial charge in [-0.15, -0.1) is 0 Å². The van der Waals surface area contributed by atoms with Gasteiger partial charge in [-0.1, -0.05) is 29.3 Å². The van der Waals surface area contributed by atoms with Crippen molar-refractivity contribution in [3.8, 4) is 0 Å². The van der Waals surface area contributed by atoms with E-state index in [2.05, 4.69) is 44.3 Å². The maximum Gasteiger partial charge on any atom is 0.278 e. The first-order valence-corrected chi connectivity index (χ1v) is 11.2. The molecule has 0 saturated carbocycles. The zero-order chi connectivity index (χ0) is 22.0. The smallest absolute Gasteiger partial charge is 0.278 e. The average Bonchev–Trinajstić information content (AvgIpc) is 3.17. The molecular weight excluding hydrogens is 437 g/mol. The molecule has 0 unspecified atom stereocenters. The minimum absolute atomic E-state index is 0.203. The number of aromatic nitrogens is 4. The number of nitrogens with one attached hydrogen (secondary N) is 2. The predicted octanol–water partition coefficient (Wildman–Crippen LogP) is 3.06. The fourth-order valence-corrected chi connectivity index (χ4v) is 4.31. The number of anilines is 1. The van der Waals surface area contributed by atoms with Gasteiger partial charge in [0.05, 0.1) is 22.8 Å². The molecule has 1 aliphatic rings. The van der Waals surface area contributed by atoms with Gasteiger partial charge in [-0.3, -0.25) is 14.5 Å². The molecule has 166 valence electrons. The van der Waals surface area contributed by atoms with Crippen LogP contribution in [0.3, 0.4) is 0 Å². The Balaban J connectivity index is 1.39. The van der Waals surface area contributed by atoms with E-state index in [4.69, 9.17) is 23.2 Å². The van der Waals surface area contributed by atoms with Crippen LogP contribution in [0, 0.1) is 0 Å². The molecule has 0 radical (unpaired) electrons. The van der Waals surface area contributed by atoms with E-state index in [1.165, 1.54) is 12.8 Å². The third kappa shape index (κ3) is 5.20. The standard InChI is InChI=1S/C21H27Cl2N7O/c1-28(2)15-5-7-29(8-6-15)9-10-30-19-18(13-25-30)26-21(27-20(19)31)24-12-14-3-4-16(22)17(23)11-14/h3-4,11,13,15H,5-10,12H2,1-2H3,(H2,24,26,27,31). The fraction of sp³-hybridized carbons (Fsp3) is 0.476. The number of hydrogen-bond acceptors (Lipinski definition) is 6. The molecule has 1 aliphatic heterocycles. The van der Waals surface area contributed by atoms with Crippen molar-refractivity contribution in [3.63, 3.8) is 0 Å². The van der Waals surface area contributed by atoms with E-state index in [0.717, 1.165) is 25.2 Å². The monoisotopic (exact) mass is 463 g/mol. The Morgan fingerprint density at radius 1 is 1.19 bits per heavy atom. The van der Waals surface area contributed by atoms with Crippen LogP contribution < -0.4 is 10.9 Å². The summed E-state index contributed by atoms with van der Waals surface area (Å²) in [5.41, 5.74) is 1.81. The number of benzene rings is 1. The molecule has 0 bridgehead atoms. The van der Waals surface area contributed by atoms with Gasteiger partial charge in [-0.25, -0.2) is 4.98 Å². The van der Waals surface area contributed by atoms with Crippen LogP contribution in [0.4, 0.5) is 5.95 Å². The molecule has 0 aliphatic carbocycles. The van der Waals surface area contributed by atoms with Gasteiger partial charge >= 0.3 is 0 Å². The van der Waals surface area contributed by atoms with Crippen LogP contribution in [0.1, 0.15) is 18.4 Å². The number of H-pyrrole nitrogens is 1. The lowest BCUT2D eigenvalue weighted by Gasteiger charge is -2.35. The maximum absolute atomic E-state index is 12.7. The topological polar surface area (TPSA) is 82.1 Å². The van der Waals surface area contributed by atoms with Crippen molar-refractivity contribution in [2.24, 2.45) is 0 Å². The van der Waals surface area contributed by atoms with Crippen molar-refractivity contribution in [1.29, 1.82) is 0 Å². The van der Waals surface area contributed by atoms with Crippen molar-refractivity contribution in [3.05, 3.63) is 50.4 Å². The maximum atomic E-state index is 12.7. The van der Waals surface area contributed by atoms with E-state index < -0.39 is 0 Å². The number of hydrogen-bond donors (Lipinski definition) is 2. The molecule has 1 fully saturated rings. The van der Waals surface area contributed by atoms with Gasteiger partial charge in [0.1, 0.15) is 5.52 Å². The van der Waals surface area contributed by atoms with E-state index in [1.807, 2.05) is 6.07 Å². The van der Waals surface area contributed by atoms with Gasteiger partial charge in [0.25, 0.3) is 5.56 Å². The third-order valence-electron chi connectivity index (χ3n) is 5.86. The van der Waals surface area contributed by atoms with Gasteiger partial charge in [-0.2, -0.15) is 5.10 Å². The molecule has 3 aromatic rings. The molecule has 3 heterocycles. The van der Waals surface area contributed by atoms with Gasteiger partial charge in [-0.05, 0) is 57.7 Å². The quantitative estimate of drug-likeness (QED) is 0.560. The van der Waals surface area contributed by atoms with Gasteiger partial charge in [0, 0.05) is 19.1 Å². The molecule has 10 heteroatoms.